The molecule has 0 unspecified atom stereocenters. The first-order chi connectivity index (χ1) is 13.9. The van der Waals surface area contributed by atoms with Gasteiger partial charge in [-0.3, -0.25) is 9.59 Å². The third kappa shape index (κ3) is 5.89. The van der Waals surface area contributed by atoms with Crippen molar-refractivity contribution < 1.29 is 14.3 Å². The molecule has 148 valence electrons. The van der Waals surface area contributed by atoms with Crippen LogP contribution in [-0.2, 0) is 11.3 Å². The molecule has 0 aliphatic carbocycles. The highest BCUT2D eigenvalue weighted by Crippen LogP contribution is 2.23. The average molecular weight is 454 g/mol. The summed E-state index contributed by atoms with van der Waals surface area (Å²) in [6.07, 6.45) is 1.47. The number of benzene rings is 2. The van der Waals surface area contributed by atoms with Crippen LogP contribution in [0.3, 0.4) is 0 Å². The number of anilines is 1. The van der Waals surface area contributed by atoms with Gasteiger partial charge < -0.3 is 15.0 Å². The molecular formula is C22H20BrN3O3. The van der Waals surface area contributed by atoms with Gasteiger partial charge in [-0.1, -0.05) is 34.1 Å². The van der Waals surface area contributed by atoms with E-state index in [0.717, 1.165) is 10.0 Å². The van der Waals surface area contributed by atoms with E-state index >= 15 is 0 Å². The number of hydrogen-bond acceptors (Lipinski definition) is 4. The molecule has 3 aromatic rings. The van der Waals surface area contributed by atoms with E-state index < -0.39 is 0 Å². The SMILES string of the molecule is CC(=O)N(C)Cc1cccc(NC(=O)c2ccc(Oc3cccc(Br)c3)nc2)c1. The van der Waals surface area contributed by atoms with Crippen LogP contribution in [0.1, 0.15) is 22.8 Å². The van der Waals surface area contributed by atoms with Crippen LogP contribution in [0.5, 0.6) is 11.6 Å². The van der Waals surface area contributed by atoms with Crippen LogP contribution in [0.4, 0.5) is 5.69 Å². The lowest BCUT2D eigenvalue weighted by Gasteiger charge is -2.15. The lowest BCUT2D eigenvalue weighted by Crippen LogP contribution is -2.23. The summed E-state index contributed by atoms with van der Waals surface area (Å²) >= 11 is 3.39. The Morgan fingerprint density at radius 2 is 1.90 bits per heavy atom. The smallest absolute Gasteiger partial charge is 0.257 e. The fourth-order valence-electron chi connectivity index (χ4n) is 2.56. The largest absolute Gasteiger partial charge is 0.439 e. The number of amides is 2. The Bertz CT molecular complexity index is 1020. The summed E-state index contributed by atoms with van der Waals surface area (Å²) in [5.74, 6) is 0.754. The van der Waals surface area contributed by atoms with E-state index in [1.54, 1.807) is 30.1 Å². The van der Waals surface area contributed by atoms with Crippen LogP contribution in [0.2, 0.25) is 0 Å². The predicted molar refractivity (Wildman–Crippen MR) is 115 cm³/mol. The van der Waals surface area contributed by atoms with Gasteiger partial charge >= 0.3 is 0 Å². The zero-order valence-electron chi connectivity index (χ0n) is 16.1. The Balaban J connectivity index is 1.64. The Morgan fingerprint density at radius 1 is 1.10 bits per heavy atom. The van der Waals surface area contributed by atoms with Crippen molar-refractivity contribution in [3.05, 3.63) is 82.5 Å². The van der Waals surface area contributed by atoms with E-state index in [1.165, 1.54) is 13.1 Å². The van der Waals surface area contributed by atoms with Crippen LogP contribution in [0.25, 0.3) is 0 Å². The fraction of sp³-hybridized carbons (Fsp3) is 0.136. The highest BCUT2D eigenvalue weighted by Gasteiger charge is 2.09. The minimum atomic E-state index is -0.274. The Kier molecular flexibility index (Phi) is 6.61. The van der Waals surface area contributed by atoms with Gasteiger partial charge in [0.15, 0.2) is 0 Å². The molecule has 1 aromatic heterocycles. The molecule has 0 saturated heterocycles. The van der Waals surface area contributed by atoms with Gasteiger partial charge in [-0.25, -0.2) is 4.98 Å². The summed E-state index contributed by atoms with van der Waals surface area (Å²) in [4.78, 5) is 29.7. The molecule has 3 rings (SSSR count). The first-order valence-corrected chi connectivity index (χ1v) is 9.71. The maximum Gasteiger partial charge on any atom is 0.257 e. The van der Waals surface area contributed by atoms with Gasteiger partial charge in [0.05, 0.1) is 5.56 Å². The monoisotopic (exact) mass is 453 g/mol. The molecule has 0 atom stereocenters. The normalized spacial score (nSPS) is 10.3. The molecular weight excluding hydrogens is 434 g/mol. The molecule has 0 saturated carbocycles. The lowest BCUT2D eigenvalue weighted by atomic mass is 10.2. The molecule has 2 amide bonds. The predicted octanol–water partition coefficient (Wildman–Crippen LogP) is 4.87. The molecule has 1 N–H and O–H groups in total. The third-order valence-electron chi connectivity index (χ3n) is 4.16. The van der Waals surface area contributed by atoms with Gasteiger partial charge in [-0.2, -0.15) is 0 Å². The van der Waals surface area contributed by atoms with Crippen molar-refractivity contribution >= 4 is 33.4 Å². The van der Waals surface area contributed by atoms with Gasteiger partial charge in [0.1, 0.15) is 5.75 Å². The van der Waals surface area contributed by atoms with E-state index in [1.807, 2.05) is 42.5 Å². The first kappa shape index (κ1) is 20.5. The van der Waals surface area contributed by atoms with Crippen molar-refractivity contribution in [2.75, 3.05) is 12.4 Å². The standard InChI is InChI=1S/C22H20BrN3O3/c1-15(27)26(2)14-16-5-3-7-19(11-16)25-22(28)17-9-10-21(24-13-17)29-20-8-4-6-18(23)12-20/h3-13H,14H2,1-2H3,(H,25,28). The quantitative estimate of drug-likeness (QED) is 0.577. The number of carbonyl (C=O) groups is 2. The number of hydrogen-bond donors (Lipinski definition) is 1. The van der Waals surface area contributed by atoms with Crippen LogP contribution in [0, 0.1) is 0 Å². The Hall–Kier alpha value is -3.19. The molecule has 2 aromatic carbocycles. The highest BCUT2D eigenvalue weighted by molar-refractivity contribution is 9.10. The summed E-state index contributed by atoms with van der Waals surface area (Å²) < 4.78 is 6.58. The van der Waals surface area contributed by atoms with Crippen LogP contribution in [-0.4, -0.2) is 28.7 Å². The van der Waals surface area contributed by atoms with Gasteiger partial charge in [-0.05, 0) is 42.0 Å². The van der Waals surface area contributed by atoms with E-state index in [9.17, 15) is 9.59 Å². The van der Waals surface area contributed by atoms with Gasteiger partial charge in [0, 0.05) is 42.9 Å². The van der Waals surface area contributed by atoms with E-state index in [2.05, 4.69) is 26.2 Å². The molecule has 7 heteroatoms. The van der Waals surface area contributed by atoms with Crippen LogP contribution < -0.4 is 10.1 Å². The summed E-state index contributed by atoms with van der Waals surface area (Å²) in [6.45, 7) is 1.99. The number of halogens is 1. The molecule has 29 heavy (non-hydrogen) atoms. The fourth-order valence-corrected chi connectivity index (χ4v) is 2.94. The number of nitrogens with zero attached hydrogens (tertiary/aromatic N) is 2. The second kappa shape index (κ2) is 9.34. The number of nitrogens with one attached hydrogen (secondary N) is 1. The molecule has 0 aliphatic rings. The Morgan fingerprint density at radius 3 is 2.59 bits per heavy atom. The first-order valence-electron chi connectivity index (χ1n) is 8.92. The molecule has 0 spiro atoms. The molecule has 0 fully saturated rings. The Labute approximate surface area is 177 Å². The maximum atomic E-state index is 12.5. The molecule has 0 bridgehead atoms. The molecule has 0 radical (unpaired) electrons. The summed E-state index contributed by atoms with van der Waals surface area (Å²) in [7, 11) is 1.73. The minimum absolute atomic E-state index is 0.0179. The lowest BCUT2D eigenvalue weighted by molar-refractivity contribution is -0.128. The van der Waals surface area contributed by atoms with Crippen molar-refractivity contribution in [1.29, 1.82) is 0 Å². The molecule has 0 aliphatic heterocycles. The van der Waals surface area contributed by atoms with Crippen molar-refractivity contribution in [2.45, 2.75) is 13.5 Å². The average Bonchev–Trinajstić information content (AvgIpc) is 2.68. The van der Waals surface area contributed by atoms with E-state index in [0.29, 0.717) is 29.4 Å². The minimum Gasteiger partial charge on any atom is -0.439 e. The zero-order chi connectivity index (χ0) is 20.8. The van der Waals surface area contributed by atoms with Crippen LogP contribution in [0.15, 0.2) is 71.3 Å². The second-order valence-electron chi connectivity index (χ2n) is 6.47. The summed E-state index contributed by atoms with van der Waals surface area (Å²) in [5.41, 5.74) is 1.99. The summed E-state index contributed by atoms with van der Waals surface area (Å²) in [5, 5.41) is 2.85. The van der Waals surface area contributed by atoms with Crippen molar-refractivity contribution in [3.63, 3.8) is 0 Å². The number of aromatic nitrogens is 1. The van der Waals surface area contributed by atoms with Crippen molar-refractivity contribution in [3.8, 4) is 11.6 Å². The van der Waals surface area contributed by atoms with Crippen LogP contribution >= 0.6 is 15.9 Å². The number of pyridine rings is 1. The van der Waals surface area contributed by atoms with E-state index in [4.69, 9.17) is 4.74 Å². The van der Waals surface area contributed by atoms with Gasteiger partial charge in [-0.15, -0.1) is 0 Å². The molecule has 6 nitrogen and oxygen atoms in total. The second-order valence-corrected chi connectivity index (χ2v) is 7.39. The number of carbonyl (C=O) groups excluding carboxylic acids is 2. The summed E-state index contributed by atoms with van der Waals surface area (Å²) in [6, 6.07) is 18.1. The third-order valence-corrected chi connectivity index (χ3v) is 4.65. The maximum absolute atomic E-state index is 12.5. The van der Waals surface area contributed by atoms with E-state index in [-0.39, 0.29) is 11.8 Å². The number of ether oxygens (including phenoxy) is 1. The topological polar surface area (TPSA) is 71.5 Å². The van der Waals surface area contributed by atoms with Gasteiger partial charge in [0.2, 0.25) is 11.8 Å². The van der Waals surface area contributed by atoms with Crippen molar-refractivity contribution in [1.82, 2.24) is 9.88 Å². The highest BCUT2D eigenvalue weighted by atomic mass is 79.9. The molecule has 1 heterocycles. The number of rotatable bonds is 6. The zero-order valence-corrected chi connectivity index (χ0v) is 17.6. The van der Waals surface area contributed by atoms with Gasteiger partial charge in [0.25, 0.3) is 5.91 Å². The van der Waals surface area contributed by atoms with Crippen molar-refractivity contribution in [2.24, 2.45) is 0 Å².